The Morgan fingerprint density at radius 2 is 2.06 bits per heavy atom. The molecule has 1 atom stereocenters. The van der Waals surface area contributed by atoms with Crippen LogP contribution in [-0.4, -0.2) is 39.0 Å². The van der Waals surface area contributed by atoms with Gasteiger partial charge in [-0.25, -0.2) is 9.97 Å². The molecule has 5 rings (SSSR count). The number of benzene rings is 1. The zero-order valence-electron chi connectivity index (χ0n) is 19.3. The molecule has 0 saturated carbocycles. The SMILES string of the molecule is CC1CNc2c(oc3ccc4nc(Oc5nc(Cl)ncc5CNC(C)(C)C)ccc4c23)C(=O)N1. The van der Waals surface area contributed by atoms with Gasteiger partial charge >= 0.3 is 0 Å². The molecule has 1 amide bonds. The molecule has 1 aliphatic rings. The molecule has 3 aromatic heterocycles. The first kappa shape index (κ1) is 22.4. The van der Waals surface area contributed by atoms with Crippen LogP contribution < -0.4 is 20.7 Å². The monoisotopic (exact) mass is 480 g/mol. The Balaban J connectivity index is 1.52. The van der Waals surface area contributed by atoms with Crippen molar-refractivity contribution < 1.29 is 13.9 Å². The summed E-state index contributed by atoms with van der Waals surface area (Å²) in [6, 6.07) is 7.29. The van der Waals surface area contributed by atoms with E-state index >= 15 is 0 Å². The van der Waals surface area contributed by atoms with Crippen LogP contribution in [0.1, 0.15) is 43.8 Å². The van der Waals surface area contributed by atoms with Gasteiger partial charge in [-0.15, -0.1) is 0 Å². The molecular formula is C24H25ClN6O3. The Morgan fingerprint density at radius 1 is 1.24 bits per heavy atom. The lowest BCUT2D eigenvalue weighted by molar-refractivity contribution is 0.0920. The summed E-state index contributed by atoms with van der Waals surface area (Å²) in [4.78, 5) is 25.6. The van der Waals surface area contributed by atoms with Crippen LogP contribution in [0.3, 0.4) is 0 Å². The van der Waals surface area contributed by atoms with Crippen LogP contribution in [0.15, 0.2) is 34.9 Å². The minimum absolute atomic E-state index is 0.0140. The zero-order valence-corrected chi connectivity index (χ0v) is 20.1. The van der Waals surface area contributed by atoms with Crippen LogP contribution in [-0.2, 0) is 6.54 Å². The molecule has 4 heterocycles. The third-order valence-electron chi connectivity index (χ3n) is 5.47. The summed E-state index contributed by atoms with van der Waals surface area (Å²) in [6.45, 7) is 9.27. The van der Waals surface area contributed by atoms with Crippen molar-refractivity contribution in [3.63, 3.8) is 0 Å². The Labute approximate surface area is 201 Å². The molecule has 34 heavy (non-hydrogen) atoms. The second-order valence-electron chi connectivity index (χ2n) is 9.39. The molecule has 9 nitrogen and oxygen atoms in total. The molecule has 1 unspecified atom stereocenters. The molecule has 176 valence electrons. The summed E-state index contributed by atoms with van der Waals surface area (Å²) in [7, 11) is 0. The number of pyridine rings is 1. The van der Waals surface area contributed by atoms with Crippen LogP contribution in [0, 0.1) is 0 Å². The number of amides is 1. The topological polar surface area (TPSA) is 114 Å². The maximum atomic E-state index is 12.5. The number of rotatable bonds is 4. The largest absolute Gasteiger partial charge is 0.449 e. The van der Waals surface area contributed by atoms with E-state index < -0.39 is 0 Å². The maximum Gasteiger partial charge on any atom is 0.289 e. The number of halogens is 1. The molecule has 3 N–H and O–H groups in total. The normalized spacial score (nSPS) is 16.1. The molecule has 0 spiro atoms. The van der Waals surface area contributed by atoms with E-state index in [2.05, 4.69) is 51.7 Å². The van der Waals surface area contributed by atoms with Crippen molar-refractivity contribution in [1.29, 1.82) is 0 Å². The lowest BCUT2D eigenvalue weighted by Crippen LogP contribution is -2.35. The van der Waals surface area contributed by atoms with Gasteiger partial charge in [0.05, 0.1) is 16.6 Å². The molecule has 0 bridgehead atoms. The first-order valence-corrected chi connectivity index (χ1v) is 11.4. The highest BCUT2D eigenvalue weighted by molar-refractivity contribution is 6.28. The Bertz CT molecular complexity index is 1410. The average Bonchev–Trinajstić information content (AvgIpc) is 3.09. The van der Waals surface area contributed by atoms with Gasteiger partial charge < -0.3 is 25.1 Å². The van der Waals surface area contributed by atoms with Crippen molar-refractivity contribution in [2.45, 2.75) is 45.8 Å². The fourth-order valence-corrected chi connectivity index (χ4v) is 3.93. The van der Waals surface area contributed by atoms with Gasteiger partial charge in [-0.1, -0.05) is 0 Å². The van der Waals surface area contributed by atoms with Crippen molar-refractivity contribution in [2.75, 3.05) is 11.9 Å². The number of nitrogens with one attached hydrogen (secondary N) is 3. The van der Waals surface area contributed by atoms with Crippen molar-refractivity contribution in [2.24, 2.45) is 0 Å². The van der Waals surface area contributed by atoms with E-state index in [9.17, 15) is 4.79 Å². The molecule has 1 aromatic carbocycles. The third kappa shape index (κ3) is 4.36. The second-order valence-corrected chi connectivity index (χ2v) is 9.73. The molecule has 0 aliphatic carbocycles. The van der Waals surface area contributed by atoms with Crippen LogP contribution >= 0.6 is 11.6 Å². The Morgan fingerprint density at radius 3 is 2.85 bits per heavy atom. The minimum atomic E-state index is -0.234. The van der Waals surface area contributed by atoms with E-state index in [1.165, 1.54) is 0 Å². The van der Waals surface area contributed by atoms with Crippen LogP contribution in [0.4, 0.5) is 5.69 Å². The molecule has 1 aliphatic heterocycles. The number of fused-ring (bicyclic) bond motifs is 5. The number of ether oxygens (including phenoxy) is 1. The predicted molar refractivity (Wildman–Crippen MR) is 131 cm³/mol. The predicted octanol–water partition coefficient (Wildman–Crippen LogP) is 4.65. The number of aromatic nitrogens is 3. The number of carbonyl (C=O) groups is 1. The highest BCUT2D eigenvalue weighted by Gasteiger charge is 2.26. The van der Waals surface area contributed by atoms with Crippen molar-refractivity contribution in [3.05, 3.63) is 47.1 Å². The summed E-state index contributed by atoms with van der Waals surface area (Å²) in [5.41, 5.74) is 2.66. The van der Waals surface area contributed by atoms with Crippen molar-refractivity contribution in [1.82, 2.24) is 25.6 Å². The van der Waals surface area contributed by atoms with E-state index in [1.807, 2.05) is 25.1 Å². The maximum absolute atomic E-state index is 12.5. The number of hydrogen-bond donors (Lipinski definition) is 3. The second kappa shape index (κ2) is 8.41. The van der Waals surface area contributed by atoms with Gasteiger partial charge in [0.15, 0.2) is 0 Å². The fourth-order valence-electron chi connectivity index (χ4n) is 3.80. The van der Waals surface area contributed by atoms with Crippen molar-refractivity contribution >= 4 is 45.1 Å². The third-order valence-corrected chi connectivity index (χ3v) is 5.65. The first-order chi connectivity index (χ1) is 16.2. The van der Waals surface area contributed by atoms with Gasteiger partial charge in [0.25, 0.3) is 5.91 Å². The van der Waals surface area contributed by atoms with E-state index in [-0.39, 0.29) is 28.5 Å². The number of anilines is 1. The fraction of sp³-hybridized carbons (Fsp3) is 0.333. The van der Waals surface area contributed by atoms with E-state index in [0.29, 0.717) is 41.6 Å². The molecule has 4 aromatic rings. The summed E-state index contributed by atoms with van der Waals surface area (Å²) < 4.78 is 11.9. The van der Waals surface area contributed by atoms with E-state index in [0.717, 1.165) is 16.3 Å². The first-order valence-electron chi connectivity index (χ1n) is 11.0. The number of furan rings is 1. The van der Waals surface area contributed by atoms with Gasteiger partial charge in [-0.3, -0.25) is 4.79 Å². The summed E-state index contributed by atoms with van der Waals surface area (Å²) in [6.07, 6.45) is 1.65. The summed E-state index contributed by atoms with van der Waals surface area (Å²) in [5.74, 6) is 0.752. The average molecular weight is 481 g/mol. The highest BCUT2D eigenvalue weighted by Crippen LogP contribution is 2.38. The van der Waals surface area contributed by atoms with Gasteiger partial charge in [0, 0.05) is 47.9 Å². The molecule has 0 saturated heterocycles. The van der Waals surface area contributed by atoms with Crippen LogP contribution in [0.25, 0.3) is 21.9 Å². The Hall–Kier alpha value is -3.43. The number of carbonyl (C=O) groups excluding carboxylic acids is 1. The van der Waals surface area contributed by atoms with E-state index in [4.69, 9.17) is 20.8 Å². The van der Waals surface area contributed by atoms with E-state index in [1.54, 1.807) is 12.3 Å². The lowest BCUT2D eigenvalue weighted by atomic mass is 10.1. The molecular weight excluding hydrogens is 456 g/mol. The van der Waals surface area contributed by atoms with Crippen LogP contribution in [0.5, 0.6) is 11.8 Å². The summed E-state index contributed by atoms with van der Waals surface area (Å²) in [5, 5.41) is 11.4. The van der Waals surface area contributed by atoms with Gasteiger partial charge in [-0.2, -0.15) is 4.98 Å². The van der Waals surface area contributed by atoms with Crippen molar-refractivity contribution in [3.8, 4) is 11.8 Å². The molecule has 0 radical (unpaired) electrons. The lowest BCUT2D eigenvalue weighted by Gasteiger charge is -2.21. The Kier molecular flexibility index (Phi) is 5.53. The van der Waals surface area contributed by atoms with Gasteiger partial charge in [0.1, 0.15) is 5.58 Å². The summed E-state index contributed by atoms with van der Waals surface area (Å²) >= 11 is 6.03. The zero-order chi connectivity index (χ0) is 24.0. The standard InChI is InChI=1S/C24H25ClN6O3/c1-12-9-26-19-18-14-5-8-17(30-15(14)6-7-16(18)33-20(19)21(32)29-12)34-22-13(10-27-23(25)31-22)11-28-24(2,3)4/h5-8,10,12,26,28H,9,11H2,1-4H3,(H,29,32). The smallest absolute Gasteiger partial charge is 0.289 e. The molecule has 0 fully saturated rings. The molecule has 10 heteroatoms. The quantitative estimate of drug-likeness (QED) is 0.362. The van der Waals surface area contributed by atoms with Crippen LogP contribution in [0.2, 0.25) is 5.28 Å². The highest BCUT2D eigenvalue weighted by atomic mass is 35.5. The van der Waals surface area contributed by atoms with Gasteiger partial charge in [0.2, 0.25) is 22.8 Å². The number of hydrogen-bond acceptors (Lipinski definition) is 8. The minimum Gasteiger partial charge on any atom is -0.449 e. The van der Waals surface area contributed by atoms with Gasteiger partial charge in [-0.05, 0) is 57.5 Å². The number of nitrogens with zero attached hydrogens (tertiary/aromatic N) is 3.